The lowest BCUT2D eigenvalue weighted by atomic mass is 10.3. The molecule has 0 saturated carbocycles. The normalized spacial score (nSPS) is 9.50. The number of amides is 1. The minimum atomic E-state index is -0.0607. The molecule has 4 heteroatoms. The fourth-order valence-electron chi connectivity index (χ4n) is 1.18. The van der Waals surface area contributed by atoms with Gasteiger partial charge < -0.3 is 5.32 Å². The first kappa shape index (κ1) is 12.6. The molecule has 0 saturated heterocycles. The van der Waals surface area contributed by atoms with Crippen LogP contribution in [-0.4, -0.2) is 11.7 Å². The molecule has 0 aliphatic rings. The highest BCUT2D eigenvalue weighted by molar-refractivity contribution is 7.99. The van der Waals surface area contributed by atoms with Gasteiger partial charge in [-0.15, -0.1) is 11.8 Å². The number of hydrogen-bond donors (Lipinski definition) is 1. The monoisotopic (exact) mass is 234 g/mol. The summed E-state index contributed by atoms with van der Waals surface area (Å²) in [5.41, 5.74) is 0.814. The van der Waals surface area contributed by atoms with Crippen LogP contribution in [0, 0.1) is 11.3 Å². The van der Waals surface area contributed by atoms with Crippen molar-refractivity contribution in [3.63, 3.8) is 0 Å². The van der Waals surface area contributed by atoms with E-state index in [1.54, 1.807) is 11.8 Å². The second-order valence-electron chi connectivity index (χ2n) is 3.32. The van der Waals surface area contributed by atoms with Crippen LogP contribution in [0.25, 0.3) is 0 Å². The van der Waals surface area contributed by atoms with Crippen LogP contribution in [-0.2, 0) is 4.79 Å². The zero-order chi connectivity index (χ0) is 11.8. The van der Waals surface area contributed by atoms with Crippen LogP contribution < -0.4 is 5.32 Å². The number of nitrogens with zero attached hydrogens (tertiary/aromatic N) is 1. The van der Waals surface area contributed by atoms with E-state index < -0.39 is 0 Å². The van der Waals surface area contributed by atoms with Crippen LogP contribution >= 0.6 is 11.8 Å². The van der Waals surface area contributed by atoms with Crippen molar-refractivity contribution in [1.29, 1.82) is 5.26 Å². The van der Waals surface area contributed by atoms with Crippen LogP contribution in [0.1, 0.15) is 19.8 Å². The second-order valence-corrected chi connectivity index (χ2v) is 4.48. The van der Waals surface area contributed by atoms with Crippen molar-refractivity contribution in [1.82, 2.24) is 0 Å². The van der Waals surface area contributed by atoms with Crippen molar-refractivity contribution in [2.75, 3.05) is 11.1 Å². The Hall–Kier alpha value is -1.47. The molecule has 0 aliphatic carbocycles. The highest BCUT2D eigenvalue weighted by Gasteiger charge is 1.97. The summed E-state index contributed by atoms with van der Waals surface area (Å²) >= 11 is 1.72. The molecule has 16 heavy (non-hydrogen) atoms. The van der Waals surface area contributed by atoms with Crippen LogP contribution in [0.3, 0.4) is 0 Å². The molecule has 0 aliphatic heterocycles. The van der Waals surface area contributed by atoms with E-state index in [-0.39, 0.29) is 5.91 Å². The molecule has 0 heterocycles. The minimum Gasteiger partial charge on any atom is -0.326 e. The zero-order valence-electron chi connectivity index (χ0n) is 9.19. The first-order chi connectivity index (χ1) is 7.72. The van der Waals surface area contributed by atoms with Gasteiger partial charge in [-0.2, -0.15) is 5.26 Å². The van der Waals surface area contributed by atoms with Crippen molar-refractivity contribution in [3.05, 3.63) is 24.3 Å². The van der Waals surface area contributed by atoms with Gasteiger partial charge in [0.05, 0.1) is 6.07 Å². The lowest BCUT2D eigenvalue weighted by molar-refractivity contribution is -0.114. The largest absolute Gasteiger partial charge is 0.326 e. The van der Waals surface area contributed by atoms with Crippen molar-refractivity contribution >= 4 is 23.4 Å². The van der Waals surface area contributed by atoms with Gasteiger partial charge in [0.15, 0.2) is 0 Å². The lowest BCUT2D eigenvalue weighted by Crippen LogP contribution is -2.05. The number of nitriles is 1. The van der Waals surface area contributed by atoms with Crippen molar-refractivity contribution in [2.45, 2.75) is 24.7 Å². The number of thioether (sulfide) groups is 1. The molecule has 0 atom stereocenters. The highest BCUT2D eigenvalue weighted by atomic mass is 32.2. The lowest BCUT2D eigenvalue weighted by Gasteiger charge is -2.03. The molecule has 3 nitrogen and oxygen atoms in total. The van der Waals surface area contributed by atoms with Crippen LogP contribution in [0.2, 0.25) is 0 Å². The Kier molecular flexibility index (Phi) is 5.44. The molecule has 1 rings (SSSR count). The molecular weight excluding hydrogens is 220 g/mol. The van der Waals surface area contributed by atoms with Gasteiger partial charge in [0.1, 0.15) is 0 Å². The Morgan fingerprint density at radius 1 is 1.44 bits per heavy atom. The molecule has 0 aromatic heterocycles. The van der Waals surface area contributed by atoms with Gasteiger partial charge in [0.25, 0.3) is 0 Å². The predicted octanol–water partition coefficient (Wildman–Crippen LogP) is 3.04. The molecule has 0 unspecified atom stereocenters. The summed E-state index contributed by atoms with van der Waals surface area (Å²) in [6.45, 7) is 1.49. The van der Waals surface area contributed by atoms with E-state index in [1.165, 1.54) is 6.92 Å². The number of nitrogens with one attached hydrogen (secondary N) is 1. The number of carbonyl (C=O) groups is 1. The minimum absolute atomic E-state index is 0.0607. The number of hydrogen-bond acceptors (Lipinski definition) is 3. The average molecular weight is 234 g/mol. The first-order valence-corrected chi connectivity index (χ1v) is 6.08. The summed E-state index contributed by atoms with van der Waals surface area (Å²) in [5.74, 6) is 0.891. The molecule has 0 bridgehead atoms. The molecule has 0 fully saturated rings. The number of benzene rings is 1. The molecule has 1 aromatic rings. The number of unbranched alkanes of at least 4 members (excludes halogenated alkanes) is 1. The Morgan fingerprint density at radius 2 is 2.12 bits per heavy atom. The van der Waals surface area contributed by atoms with Gasteiger partial charge >= 0.3 is 0 Å². The first-order valence-electron chi connectivity index (χ1n) is 5.10. The van der Waals surface area contributed by atoms with Crippen molar-refractivity contribution in [3.8, 4) is 6.07 Å². The van der Waals surface area contributed by atoms with Gasteiger partial charge in [-0.25, -0.2) is 0 Å². The Bertz CT molecular complexity index is 381. The predicted molar refractivity (Wildman–Crippen MR) is 66.3 cm³/mol. The summed E-state index contributed by atoms with van der Waals surface area (Å²) in [5, 5.41) is 11.1. The van der Waals surface area contributed by atoms with E-state index in [1.807, 2.05) is 24.3 Å². The molecule has 0 radical (unpaired) electrons. The third-order valence-electron chi connectivity index (χ3n) is 1.88. The maximum atomic E-state index is 10.8. The average Bonchev–Trinajstić information content (AvgIpc) is 2.26. The number of carbonyl (C=O) groups excluding carboxylic acids is 1. The fourth-order valence-corrected chi connectivity index (χ4v) is 2.03. The van der Waals surface area contributed by atoms with E-state index in [2.05, 4.69) is 11.4 Å². The third kappa shape index (κ3) is 4.85. The van der Waals surface area contributed by atoms with E-state index in [4.69, 9.17) is 5.26 Å². The fraction of sp³-hybridized carbons (Fsp3) is 0.333. The number of rotatable bonds is 5. The standard InChI is InChI=1S/C12H14N2OS/c1-10(15)14-11-4-6-12(7-5-11)16-9-3-2-8-13/h4-7H,2-3,9H2,1H3,(H,14,15). The molecular formula is C12H14N2OS. The van der Waals surface area contributed by atoms with Gasteiger partial charge in [0.2, 0.25) is 5.91 Å². The van der Waals surface area contributed by atoms with Gasteiger partial charge in [-0.3, -0.25) is 4.79 Å². The van der Waals surface area contributed by atoms with E-state index in [0.29, 0.717) is 6.42 Å². The van der Waals surface area contributed by atoms with Gasteiger partial charge in [-0.1, -0.05) is 0 Å². The smallest absolute Gasteiger partial charge is 0.221 e. The van der Waals surface area contributed by atoms with E-state index in [0.717, 1.165) is 22.8 Å². The van der Waals surface area contributed by atoms with Gasteiger partial charge in [0, 0.05) is 23.9 Å². The van der Waals surface area contributed by atoms with Crippen LogP contribution in [0.15, 0.2) is 29.2 Å². The summed E-state index contributed by atoms with van der Waals surface area (Å²) in [6, 6.07) is 9.84. The second kappa shape index (κ2) is 6.91. The summed E-state index contributed by atoms with van der Waals surface area (Å²) in [7, 11) is 0. The van der Waals surface area contributed by atoms with Crippen LogP contribution in [0.5, 0.6) is 0 Å². The van der Waals surface area contributed by atoms with Crippen LogP contribution in [0.4, 0.5) is 5.69 Å². The van der Waals surface area contributed by atoms with E-state index in [9.17, 15) is 4.79 Å². The quantitative estimate of drug-likeness (QED) is 0.629. The van der Waals surface area contributed by atoms with Crippen molar-refractivity contribution < 1.29 is 4.79 Å². The third-order valence-corrected chi connectivity index (χ3v) is 2.97. The van der Waals surface area contributed by atoms with E-state index >= 15 is 0 Å². The summed E-state index contributed by atoms with van der Waals surface area (Å²) in [4.78, 5) is 12.0. The summed E-state index contributed by atoms with van der Waals surface area (Å²) < 4.78 is 0. The zero-order valence-corrected chi connectivity index (χ0v) is 10.0. The molecule has 1 amide bonds. The molecule has 84 valence electrons. The molecule has 0 spiro atoms. The number of anilines is 1. The maximum absolute atomic E-state index is 10.8. The highest BCUT2D eigenvalue weighted by Crippen LogP contribution is 2.21. The Balaban J connectivity index is 2.39. The molecule has 1 aromatic carbocycles. The maximum Gasteiger partial charge on any atom is 0.221 e. The topological polar surface area (TPSA) is 52.9 Å². The Labute approximate surface area is 99.8 Å². The summed E-state index contributed by atoms with van der Waals surface area (Å²) in [6.07, 6.45) is 1.52. The van der Waals surface area contributed by atoms with Gasteiger partial charge in [-0.05, 0) is 36.4 Å². The molecule has 1 N–H and O–H groups in total. The van der Waals surface area contributed by atoms with Crippen molar-refractivity contribution in [2.24, 2.45) is 0 Å². The SMILES string of the molecule is CC(=O)Nc1ccc(SCCCC#N)cc1. The Morgan fingerprint density at radius 3 is 2.69 bits per heavy atom.